The zero-order valence-corrected chi connectivity index (χ0v) is 24.5. The van der Waals surface area contributed by atoms with Crippen LogP contribution in [0.5, 0.6) is 0 Å². The van der Waals surface area contributed by atoms with Crippen molar-refractivity contribution < 1.29 is 44.6 Å². The van der Waals surface area contributed by atoms with Crippen molar-refractivity contribution in [1.29, 1.82) is 0 Å². The number of hydrogen-bond donors (Lipinski definition) is 1. The summed E-state index contributed by atoms with van der Waals surface area (Å²) >= 11 is 0. The van der Waals surface area contributed by atoms with Crippen molar-refractivity contribution in [1.82, 2.24) is 0 Å². The normalized spacial score (nSPS) is 12.2. The first-order valence-corrected chi connectivity index (χ1v) is 14.2. The molecule has 0 spiro atoms. The molecule has 0 radical (unpaired) electrons. The Morgan fingerprint density at radius 1 is 0.606 bits per heavy atom. The number of carbonyl (C=O) groups is 1. The SMILES string of the molecule is CCCCCCCCCCCCCCCCCCCCCCCCCC(O)C=CC(=O)[O-].[Na+]. The smallest absolute Gasteiger partial charge is 0.545 e. The Bertz CT molecular complexity index is 412. The van der Waals surface area contributed by atoms with E-state index in [1.165, 1.54) is 141 Å². The van der Waals surface area contributed by atoms with Gasteiger partial charge in [0, 0.05) is 0 Å². The minimum absolute atomic E-state index is 0. The molecule has 0 amide bonds. The largest absolute Gasteiger partial charge is 1.00 e. The Morgan fingerprint density at radius 3 is 1.15 bits per heavy atom. The van der Waals surface area contributed by atoms with Gasteiger partial charge in [-0.25, -0.2) is 0 Å². The average Bonchev–Trinajstić information content (AvgIpc) is 2.78. The number of carbonyl (C=O) groups excluding carboxylic acids is 1. The van der Waals surface area contributed by atoms with E-state index in [-0.39, 0.29) is 29.6 Å². The number of hydrogen-bond acceptors (Lipinski definition) is 3. The molecule has 0 aliphatic rings. The molecule has 1 N–H and O–H groups in total. The van der Waals surface area contributed by atoms with E-state index in [0.29, 0.717) is 6.42 Å². The molecule has 0 aliphatic heterocycles. The maximum absolute atomic E-state index is 10.3. The Morgan fingerprint density at radius 2 is 0.879 bits per heavy atom. The predicted molar refractivity (Wildman–Crippen MR) is 137 cm³/mol. The minimum atomic E-state index is -1.24. The summed E-state index contributed by atoms with van der Waals surface area (Å²) in [6, 6.07) is 0. The molecule has 0 rings (SSSR count). The fourth-order valence-electron chi connectivity index (χ4n) is 4.42. The van der Waals surface area contributed by atoms with Crippen LogP contribution in [0.1, 0.15) is 161 Å². The van der Waals surface area contributed by atoms with Gasteiger partial charge >= 0.3 is 29.6 Å². The summed E-state index contributed by atoms with van der Waals surface area (Å²) in [5.41, 5.74) is 0. The molecular formula is C29H55NaO3. The second-order valence-corrected chi connectivity index (χ2v) is 9.81. The number of rotatable bonds is 26. The zero-order chi connectivity index (χ0) is 23.5. The van der Waals surface area contributed by atoms with Crippen molar-refractivity contribution in [3.05, 3.63) is 12.2 Å². The third-order valence-corrected chi connectivity index (χ3v) is 6.56. The minimum Gasteiger partial charge on any atom is -0.545 e. The van der Waals surface area contributed by atoms with Crippen LogP contribution in [0.4, 0.5) is 0 Å². The van der Waals surface area contributed by atoms with Gasteiger partial charge in [-0.15, -0.1) is 0 Å². The van der Waals surface area contributed by atoms with Crippen LogP contribution in [0.15, 0.2) is 12.2 Å². The second-order valence-electron chi connectivity index (χ2n) is 9.81. The van der Waals surface area contributed by atoms with Crippen molar-refractivity contribution in [2.75, 3.05) is 0 Å². The van der Waals surface area contributed by atoms with Gasteiger partial charge in [0.1, 0.15) is 0 Å². The fraction of sp³-hybridized carbons (Fsp3) is 0.897. The Kier molecular flexibility index (Phi) is 32.3. The fourth-order valence-corrected chi connectivity index (χ4v) is 4.42. The maximum Gasteiger partial charge on any atom is 1.00 e. The molecule has 0 aliphatic carbocycles. The van der Waals surface area contributed by atoms with E-state index in [1.54, 1.807) is 0 Å². The number of carboxylic acids is 1. The van der Waals surface area contributed by atoms with Crippen LogP contribution in [0, 0.1) is 0 Å². The van der Waals surface area contributed by atoms with Gasteiger partial charge in [-0.2, -0.15) is 0 Å². The van der Waals surface area contributed by atoms with Gasteiger partial charge in [-0.05, 0) is 12.5 Å². The summed E-state index contributed by atoms with van der Waals surface area (Å²) in [6.07, 6.45) is 33.8. The van der Waals surface area contributed by atoms with Gasteiger partial charge in [-0.3, -0.25) is 0 Å². The van der Waals surface area contributed by atoms with Crippen LogP contribution in [-0.4, -0.2) is 17.2 Å². The van der Waals surface area contributed by atoms with Gasteiger partial charge in [0.05, 0.1) is 12.1 Å². The summed E-state index contributed by atoms with van der Waals surface area (Å²) < 4.78 is 0. The van der Waals surface area contributed by atoms with E-state index in [1.807, 2.05) is 0 Å². The summed E-state index contributed by atoms with van der Waals surface area (Å²) in [7, 11) is 0. The first kappa shape index (κ1) is 35.3. The number of aliphatic hydroxyl groups is 1. The second kappa shape index (κ2) is 30.2. The number of aliphatic hydroxyl groups excluding tert-OH is 1. The number of carboxylic acid groups (broad SMARTS) is 1. The molecule has 3 nitrogen and oxygen atoms in total. The molecule has 1 unspecified atom stereocenters. The third kappa shape index (κ3) is 32.2. The van der Waals surface area contributed by atoms with Crippen LogP contribution in [0.3, 0.4) is 0 Å². The number of aliphatic carboxylic acids is 1. The van der Waals surface area contributed by atoms with Crippen molar-refractivity contribution in [2.24, 2.45) is 0 Å². The molecule has 0 saturated carbocycles. The van der Waals surface area contributed by atoms with E-state index < -0.39 is 12.1 Å². The van der Waals surface area contributed by atoms with Gasteiger partial charge in [0.2, 0.25) is 0 Å². The van der Waals surface area contributed by atoms with E-state index >= 15 is 0 Å². The van der Waals surface area contributed by atoms with E-state index in [2.05, 4.69) is 6.92 Å². The molecule has 0 aromatic rings. The standard InChI is InChI=1S/C29H56O3.Na/c1-2-3-4-5-6-7-8-9-10-11-12-13-14-15-16-17-18-19-20-21-22-23-24-25-28(30)26-27-29(31)32;/h26-28,30H,2-25H2,1H3,(H,31,32);/q;+1/p-1. The van der Waals surface area contributed by atoms with Crippen molar-refractivity contribution >= 4 is 5.97 Å². The average molecular weight is 475 g/mol. The monoisotopic (exact) mass is 474 g/mol. The number of unbranched alkanes of at least 4 members (excludes halogenated alkanes) is 22. The van der Waals surface area contributed by atoms with Crippen LogP contribution < -0.4 is 34.7 Å². The van der Waals surface area contributed by atoms with E-state index in [9.17, 15) is 15.0 Å². The van der Waals surface area contributed by atoms with Crippen molar-refractivity contribution in [3.8, 4) is 0 Å². The zero-order valence-electron chi connectivity index (χ0n) is 22.5. The van der Waals surface area contributed by atoms with Crippen molar-refractivity contribution in [3.63, 3.8) is 0 Å². The molecule has 1 atom stereocenters. The molecule has 33 heavy (non-hydrogen) atoms. The first-order chi connectivity index (χ1) is 15.7. The quantitative estimate of drug-likeness (QED) is 0.109. The molecule has 4 heteroatoms. The van der Waals surface area contributed by atoms with Gasteiger partial charge in [0.25, 0.3) is 0 Å². The predicted octanol–water partition coefficient (Wildman–Crippen LogP) is 5.04. The Hall–Kier alpha value is 0.170. The van der Waals surface area contributed by atoms with E-state index in [0.717, 1.165) is 18.9 Å². The molecule has 0 aromatic heterocycles. The molecular weight excluding hydrogens is 419 g/mol. The molecule has 0 heterocycles. The van der Waals surface area contributed by atoms with Gasteiger partial charge in [-0.1, -0.05) is 161 Å². The summed E-state index contributed by atoms with van der Waals surface area (Å²) in [5, 5.41) is 19.9. The summed E-state index contributed by atoms with van der Waals surface area (Å²) in [6.45, 7) is 2.29. The summed E-state index contributed by atoms with van der Waals surface area (Å²) in [4.78, 5) is 10.3. The Labute approximate surface area is 228 Å². The van der Waals surface area contributed by atoms with Crippen LogP contribution in [0.25, 0.3) is 0 Å². The summed E-state index contributed by atoms with van der Waals surface area (Å²) in [5.74, 6) is -1.24. The van der Waals surface area contributed by atoms with E-state index in [4.69, 9.17) is 0 Å². The van der Waals surface area contributed by atoms with Crippen molar-refractivity contribution in [2.45, 2.75) is 167 Å². The first-order valence-electron chi connectivity index (χ1n) is 14.2. The van der Waals surface area contributed by atoms with Gasteiger partial charge < -0.3 is 15.0 Å². The topological polar surface area (TPSA) is 60.4 Å². The molecule has 0 fully saturated rings. The Balaban J connectivity index is 0. The molecule has 0 aromatic carbocycles. The maximum atomic E-state index is 10.3. The van der Waals surface area contributed by atoms with Crippen LogP contribution >= 0.6 is 0 Å². The van der Waals surface area contributed by atoms with Gasteiger partial charge in [0.15, 0.2) is 0 Å². The molecule has 190 valence electrons. The van der Waals surface area contributed by atoms with Crippen LogP contribution in [0.2, 0.25) is 0 Å². The molecule has 0 saturated heterocycles. The third-order valence-electron chi connectivity index (χ3n) is 6.56. The van der Waals surface area contributed by atoms with Crippen LogP contribution in [-0.2, 0) is 4.79 Å². The molecule has 0 bridgehead atoms.